The van der Waals surface area contributed by atoms with Crippen molar-refractivity contribution in [2.24, 2.45) is 23.5 Å². The van der Waals surface area contributed by atoms with Gasteiger partial charge in [-0.1, -0.05) is 41.5 Å². The summed E-state index contributed by atoms with van der Waals surface area (Å²) in [4.78, 5) is 37.0. The minimum atomic E-state index is -0.736. The fraction of sp³-hybridized carbons (Fsp3) is 0.842. The minimum absolute atomic E-state index is 0.189. The van der Waals surface area contributed by atoms with Gasteiger partial charge in [0.2, 0.25) is 11.8 Å². The van der Waals surface area contributed by atoms with Crippen molar-refractivity contribution in [2.45, 2.75) is 78.9 Å². The first kappa shape index (κ1) is 24.4. The maximum absolute atomic E-state index is 12.7. The number of hydrogen-bond donors (Lipinski definition) is 3. The molecule has 0 fully saturated rings. The van der Waals surface area contributed by atoms with Gasteiger partial charge in [0.1, 0.15) is 12.1 Å². The molecule has 0 aliphatic carbocycles. The number of nitrogens with two attached hydrogens (primary N) is 1. The molecular formula is C19H37N3O4. The molecule has 0 radical (unpaired) electrons. The highest BCUT2D eigenvalue weighted by Gasteiger charge is 2.29. The van der Waals surface area contributed by atoms with E-state index in [-0.39, 0.29) is 29.6 Å². The van der Waals surface area contributed by atoms with E-state index >= 15 is 0 Å². The molecule has 0 saturated heterocycles. The van der Waals surface area contributed by atoms with Gasteiger partial charge >= 0.3 is 5.97 Å². The number of carbonyl (C=O) groups excluding carboxylic acids is 3. The number of hydrogen-bond acceptors (Lipinski definition) is 5. The largest absolute Gasteiger partial charge is 0.467 e. The molecule has 7 heteroatoms. The third-order valence-corrected chi connectivity index (χ3v) is 3.91. The molecule has 4 N–H and O–H groups in total. The summed E-state index contributed by atoms with van der Waals surface area (Å²) in [6.45, 7) is 11.8. The van der Waals surface area contributed by atoms with E-state index in [1.54, 1.807) is 0 Å². The molecule has 0 unspecified atom stereocenters. The molecule has 152 valence electrons. The first-order valence-corrected chi connectivity index (χ1v) is 9.42. The van der Waals surface area contributed by atoms with E-state index in [2.05, 4.69) is 10.6 Å². The first-order chi connectivity index (χ1) is 12.0. The van der Waals surface area contributed by atoms with Crippen LogP contribution >= 0.6 is 0 Å². The molecular weight excluding hydrogens is 334 g/mol. The van der Waals surface area contributed by atoms with Crippen LogP contribution < -0.4 is 16.4 Å². The molecule has 0 aliphatic rings. The molecule has 3 atom stereocenters. The fourth-order valence-corrected chi connectivity index (χ4v) is 2.70. The summed E-state index contributed by atoms with van der Waals surface area (Å²) in [5.74, 6) is -0.551. The van der Waals surface area contributed by atoms with Crippen LogP contribution in [-0.2, 0) is 19.1 Å². The Bertz CT molecular complexity index is 464. The lowest BCUT2D eigenvalue weighted by atomic mass is 9.99. The van der Waals surface area contributed by atoms with Gasteiger partial charge in [0.15, 0.2) is 0 Å². The summed E-state index contributed by atoms with van der Waals surface area (Å²) < 4.78 is 4.78. The Labute approximate surface area is 157 Å². The molecule has 0 saturated carbocycles. The van der Waals surface area contributed by atoms with Gasteiger partial charge in [-0.05, 0) is 37.0 Å². The molecule has 0 aromatic carbocycles. The summed E-state index contributed by atoms with van der Waals surface area (Å²) in [5, 5.41) is 5.46. The van der Waals surface area contributed by atoms with Crippen molar-refractivity contribution in [3.8, 4) is 0 Å². The summed E-state index contributed by atoms with van der Waals surface area (Å²) in [5.41, 5.74) is 5.92. The number of ether oxygens (including phenoxy) is 1. The molecule has 0 aromatic heterocycles. The second kappa shape index (κ2) is 11.9. The molecule has 26 heavy (non-hydrogen) atoms. The topological polar surface area (TPSA) is 111 Å². The van der Waals surface area contributed by atoms with Crippen LogP contribution in [-0.4, -0.2) is 43.0 Å². The smallest absolute Gasteiger partial charge is 0.328 e. The second-order valence-corrected chi connectivity index (χ2v) is 8.14. The lowest BCUT2D eigenvalue weighted by Crippen LogP contribution is -2.55. The maximum Gasteiger partial charge on any atom is 0.328 e. The zero-order chi connectivity index (χ0) is 20.4. The zero-order valence-corrected chi connectivity index (χ0v) is 17.3. The Balaban J connectivity index is 5.11. The zero-order valence-electron chi connectivity index (χ0n) is 17.3. The Morgan fingerprint density at radius 1 is 0.769 bits per heavy atom. The molecule has 7 nitrogen and oxygen atoms in total. The molecule has 0 heterocycles. The van der Waals surface area contributed by atoms with Gasteiger partial charge in [-0.15, -0.1) is 0 Å². The van der Waals surface area contributed by atoms with E-state index < -0.39 is 24.1 Å². The van der Waals surface area contributed by atoms with Gasteiger partial charge in [0, 0.05) is 0 Å². The Morgan fingerprint density at radius 3 is 1.62 bits per heavy atom. The van der Waals surface area contributed by atoms with Crippen molar-refractivity contribution < 1.29 is 19.1 Å². The van der Waals surface area contributed by atoms with Crippen LogP contribution in [0, 0.1) is 17.8 Å². The van der Waals surface area contributed by atoms with Crippen molar-refractivity contribution in [1.82, 2.24) is 10.6 Å². The molecule has 2 amide bonds. The summed E-state index contributed by atoms with van der Waals surface area (Å²) in [6, 6.07) is -2.13. The monoisotopic (exact) mass is 371 g/mol. The number of esters is 1. The van der Waals surface area contributed by atoms with Crippen molar-refractivity contribution >= 4 is 17.8 Å². The van der Waals surface area contributed by atoms with E-state index in [1.807, 2.05) is 41.5 Å². The summed E-state index contributed by atoms with van der Waals surface area (Å²) in [6.07, 6.45) is 1.47. The van der Waals surface area contributed by atoms with Gasteiger partial charge in [-0.2, -0.15) is 0 Å². The summed E-state index contributed by atoms with van der Waals surface area (Å²) >= 11 is 0. The highest BCUT2D eigenvalue weighted by molar-refractivity contribution is 5.92. The van der Waals surface area contributed by atoms with E-state index in [0.717, 1.165) is 0 Å². The van der Waals surface area contributed by atoms with Crippen molar-refractivity contribution in [3.05, 3.63) is 0 Å². The van der Waals surface area contributed by atoms with Crippen molar-refractivity contribution in [1.29, 1.82) is 0 Å². The molecule has 0 rings (SSSR count). The highest BCUT2D eigenvalue weighted by atomic mass is 16.5. The Morgan fingerprint density at radius 2 is 1.19 bits per heavy atom. The lowest BCUT2D eigenvalue weighted by molar-refractivity contribution is -0.146. The van der Waals surface area contributed by atoms with E-state index in [1.165, 1.54) is 7.11 Å². The van der Waals surface area contributed by atoms with Crippen LogP contribution in [0.4, 0.5) is 0 Å². The predicted octanol–water partition coefficient (Wildman–Crippen LogP) is 1.59. The quantitative estimate of drug-likeness (QED) is 0.478. The van der Waals surface area contributed by atoms with Gasteiger partial charge in [0.25, 0.3) is 0 Å². The van der Waals surface area contributed by atoms with E-state index in [4.69, 9.17) is 10.5 Å². The SMILES string of the molecule is COC(=O)[C@H](CC(C)C)NC(=O)[C@H](CC(C)C)NC(=O)[C@@H](N)CC(C)C. The van der Waals surface area contributed by atoms with Gasteiger partial charge in [-0.25, -0.2) is 4.79 Å². The van der Waals surface area contributed by atoms with Crippen LogP contribution in [0.3, 0.4) is 0 Å². The van der Waals surface area contributed by atoms with Crippen molar-refractivity contribution in [3.63, 3.8) is 0 Å². The third kappa shape index (κ3) is 9.75. The number of amides is 2. The lowest BCUT2D eigenvalue weighted by Gasteiger charge is -2.25. The standard InChI is InChI=1S/C19H37N3O4/c1-11(2)8-14(20)17(23)21-15(9-12(3)4)18(24)22-16(10-13(5)6)19(25)26-7/h11-16H,8-10,20H2,1-7H3,(H,21,23)(H,22,24)/t14-,15-,16-/m0/s1. The predicted molar refractivity (Wildman–Crippen MR) is 102 cm³/mol. The third-order valence-electron chi connectivity index (χ3n) is 3.91. The van der Waals surface area contributed by atoms with Crippen LogP contribution in [0.25, 0.3) is 0 Å². The summed E-state index contributed by atoms with van der Waals surface area (Å²) in [7, 11) is 1.29. The van der Waals surface area contributed by atoms with Crippen LogP contribution in [0.5, 0.6) is 0 Å². The van der Waals surface area contributed by atoms with Crippen LogP contribution in [0.2, 0.25) is 0 Å². The van der Waals surface area contributed by atoms with Gasteiger partial charge in [-0.3, -0.25) is 9.59 Å². The molecule has 0 aliphatic heterocycles. The minimum Gasteiger partial charge on any atom is -0.467 e. The fourth-order valence-electron chi connectivity index (χ4n) is 2.70. The number of nitrogens with one attached hydrogen (secondary N) is 2. The molecule has 0 bridgehead atoms. The average molecular weight is 372 g/mol. The Hall–Kier alpha value is -1.63. The molecule has 0 aromatic rings. The van der Waals surface area contributed by atoms with E-state index in [0.29, 0.717) is 19.3 Å². The van der Waals surface area contributed by atoms with Gasteiger partial charge < -0.3 is 21.1 Å². The van der Waals surface area contributed by atoms with Crippen LogP contribution in [0.15, 0.2) is 0 Å². The maximum atomic E-state index is 12.7. The van der Waals surface area contributed by atoms with Crippen molar-refractivity contribution in [2.75, 3.05) is 7.11 Å². The van der Waals surface area contributed by atoms with E-state index in [9.17, 15) is 14.4 Å². The normalized spacial score (nSPS) is 14.9. The number of rotatable bonds is 11. The van der Waals surface area contributed by atoms with Crippen LogP contribution in [0.1, 0.15) is 60.8 Å². The number of methoxy groups -OCH3 is 1. The highest BCUT2D eigenvalue weighted by Crippen LogP contribution is 2.10. The first-order valence-electron chi connectivity index (χ1n) is 9.42. The number of carbonyl (C=O) groups is 3. The Kier molecular flexibility index (Phi) is 11.1. The van der Waals surface area contributed by atoms with Gasteiger partial charge in [0.05, 0.1) is 13.2 Å². The average Bonchev–Trinajstić information content (AvgIpc) is 2.50. The second-order valence-electron chi connectivity index (χ2n) is 8.14. The molecule has 0 spiro atoms.